The third-order valence-corrected chi connectivity index (χ3v) is 6.64. The molecule has 2 atom stereocenters. The first-order chi connectivity index (χ1) is 16.8. The van der Waals surface area contributed by atoms with Crippen LogP contribution in [0.1, 0.15) is 24.0 Å². The Morgan fingerprint density at radius 1 is 0.912 bits per heavy atom. The van der Waals surface area contributed by atoms with Gasteiger partial charge in [0, 0.05) is 42.4 Å². The van der Waals surface area contributed by atoms with Crippen LogP contribution in [0.3, 0.4) is 0 Å². The van der Waals surface area contributed by atoms with Gasteiger partial charge in [-0.2, -0.15) is 0 Å². The minimum atomic E-state index is -0.0225. The van der Waals surface area contributed by atoms with Gasteiger partial charge < -0.3 is 15.5 Å². The summed E-state index contributed by atoms with van der Waals surface area (Å²) < 4.78 is 0. The maximum atomic E-state index is 13.2. The Kier molecular flexibility index (Phi) is 6.82. The van der Waals surface area contributed by atoms with Crippen molar-refractivity contribution in [2.75, 3.05) is 11.9 Å². The number of piperidine rings is 1. The first-order valence-corrected chi connectivity index (χ1v) is 12.0. The van der Waals surface area contributed by atoms with E-state index in [-0.39, 0.29) is 12.1 Å². The number of hydrogen-bond donors (Lipinski definition) is 2. The second-order valence-electron chi connectivity index (χ2n) is 8.92. The summed E-state index contributed by atoms with van der Waals surface area (Å²) in [5.41, 5.74) is 4.37. The third kappa shape index (κ3) is 5.26. The molecule has 34 heavy (non-hydrogen) atoms. The van der Waals surface area contributed by atoms with Crippen LogP contribution in [-0.4, -0.2) is 34.5 Å². The lowest BCUT2D eigenvalue weighted by molar-refractivity contribution is 0.145. The molecule has 0 bridgehead atoms. The standard InChI is InChI=1S/C29H30N4O/c34-29(32-24-11-5-2-6-12-24)33-18-16-25(20-26(33)19-22-9-3-1-4-10-22)31-21-23-15-17-30-28-14-8-7-13-27(23)28/h1-15,17,25-26,31H,16,18-21H2,(H,32,34). The molecular formula is C29H30N4O. The molecule has 2 unspecified atom stereocenters. The Labute approximate surface area is 200 Å². The number of fused-ring (bicyclic) bond motifs is 1. The monoisotopic (exact) mass is 450 g/mol. The van der Waals surface area contributed by atoms with Crippen molar-refractivity contribution >= 4 is 22.6 Å². The lowest BCUT2D eigenvalue weighted by Gasteiger charge is -2.40. The summed E-state index contributed by atoms with van der Waals surface area (Å²) in [6.45, 7) is 1.52. The van der Waals surface area contributed by atoms with E-state index >= 15 is 0 Å². The lowest BCUT2D eigenvalue weighted by Crippen LogP contribution is -2.53. The predicted octanol–water partition coefficient (Wildman–Crippen LogP) is 5.63. The van der Waals surface area contributed by atoms with Crippen molar-refractivity contribution in [2.45, 2.75) is 37.9 Å². The first-order valence-electron chi connectivity index (χ1n) is 12.0. The van der Waals surface area contributed by atoms with Crippen LogP contribution in [0.4, 0.5) is 10.5 Å². The second kappa shape index (κ2) is 10.5. The summed E-state index contributed by atoms with van der Waals surface area (Å²) in [5, 5.41) is 8.04. The van der Waals surface area contributed by atoms with Crippen molar-refractivity contribution < 1.29 is 4.79 Å². The smallest absolute Gasteiger partial charge is 0.321 e. The fourth-order valence-corrected chi connectivity index (χ4v) is 4.86. The zero-order valence-corrected chi connectivity index (χ0v) is 19.2. The van der Waals surface area contributed by atoms with Gasteiger partial charge in [0.25, 0.3) is 0 Å². The molecule has 5 heteroatoms. The number of carbonyl (C=O) groups excluding carboxylic acids is 1. The highest BCUT2D eigenvalue weighted by molar-refractivity contribution is 5.89. The van der Waals surface area contributed by atoms with Crippen molar-refractivity contribution in [2.24, 2.45) is 0 Å². The van der Waals surface area contributed by atoms with Crippen LogP contribution in [0.2, 0.25) is 0 Å². The molecule has 2 heterocycles. The number of nitrogens with one attached hydrogen (secondary N) is 2. The number of anilines is 1. The number of urea groups is 1. The van der Waals surface area contributed by atoms with Gasteiger partial charge >= 0.3 is 6.03 Å². The maximum Gasteiger partial charge on any atom is 0.322 e. The first kappa shape index (κ1) is 22.1. The zero-order valence-electron chi connectivity index (χ0n) is 19.2. The minimum absolute atomic E-state index is 0.0225. The molecule has 0 radical (unpaired) electrons. The molecule has 1 aliphatic heterocycles. The van der Waals surface area contributed by atoms with Crippen LogP contribution >= 0.6 is 0 Å². The summed E-state index contributed by atoms with van der Waals surface area (Å²) in [5.74, 6) is 0. The van der Waals surface area contributed by atoms with Gasteiger partial charge in [0.1, 0.15) is 0 Å². The summed E-state index contributed by atoms with van der Waals surface area (Å²) in [7, 11) is 0. The Balaban J connectivity index is 1.29. The number of para-hydroxylation sites is 2. The Morgan fingerprint density at radius 3 is 2.47 bits per heavy atom. The van der Waals surface area contributed by atoms with Gasteiger partial charge in [-0.3, -0.25) is 4.98 Å². The van der Waals surface area contributed by atoms with Gasteiger partial charge in [0.2, 0.25) is 0 Å². The second-order valence-corrected chi connectivity index (χ2v) is 8.92. The summed E-state index contributed by atoms with van der Waals surface area (Å²) in [6.07, 6.45) is 4.57. The number of hydrogen-bond acceptors (Lipinski definition) is 3. The largest absolute Gasteiger partial charge is 0.322 e. The summed E-state index contributed by atoms with van der Waals surface area (Å²) in [6, 6.07) is 31.0. The van der Waals surface area contributed by atoms with E-state index in [0.717, 1.165) is 43.6 Å². The van der Waals surface area contributed by atoms with Crippen LogP contribution in [0.25, 0.3) is 10.9 Å². The number of benzene rings is 3. The molecule has 5 nitrogen and oxygen atoms in total. The third-order valence-electron chi connectivity index (χ3n) is 6.64. The van der Waals surface area contributed by atoms with Crippen molar-refractivity contribution in [3.63, 3.8) is 0 Å². The summed E-state index contributed by atoms with van der Waals surface area (Å²) in [4.78, 5) is 19.7. The molecule has 172 valence electrons. The van der Waals surface area contributed by atoms with Crippen molar-refractivity contribution in [1.82, 2.24) is 15.2 Å². The van der Waals surface area contributed by atoms with Gasteiger partial charge in [-0.15, -0.1) is 0 Å². The topological polar surface area (TPSA) is 57.3 Å². The number of likely N-dealkylation sites (tertiary alicyclic amines) is 1. The Morgan fingerprint density at radius 2 is 1.65 bits per heavy atom. The molecule has 2 N–H and O–H groups in total. The molecule has 2 amide bonds. The lowest BCUT2D eigenvalue weighted by atomic mass is 9.92. The van der Waals surface area contributed by atoms with E-state index in [9.17, 15) is 4.79 Å². The minimum Gasteiger partial charge on any atom is -0.321 e. The zero-order chi connectivity index (χ0) is 23.2. The highest BCUT2D eigenvalue weighted by Gasteiger charge is 2.31. The number of rotatable bonds is 6. The van der Waals surface area contributed by atoms with Crippen molar-refractivity contribution in [1.29, 1.82) is 0 Å². The molecule has 5 rings (SSSR count). The van der Waals surface area contributed by atoms with E-state index in [2.05, 4.69) is 64.1 Å². The van der Waals surface area contributed by atoms with Crippen molar-refractivity contribution in [3.05, 3.63) is 108 Å². The van der Waals surface area contributed by atoms with Gasteiger partial charge in [0.15, 0.2) is 0 Å². The van der Waals surface area contributed by atoms with Gasteiger partial charge in [-0.1, -0.05) is 66.7 Å². The van der Waals surface area contributed by atoms with Crippen LogP contribution in [0.15, 0.2) is 97.2 Å². The van der Waals surface area contributed by atoms with E-state index in [1.807, 2.05) is 53.6 Å². The molecule has 1 aromatic heterocycles. The quantitative estimate of drug-likeness (QED) is 0.400. The van der Waals surface area contributed by atoms with E-state index in [1.165, 1.54) is 16.5 Å². The van der Waals surface area contributed by atoms with Gasteiger partial charge in [0.05, 0.1) is 5.52 Å². The predicted molar refractivity (Wildman–Crippen MR) is 138 cm³/mol. The molecular weight excluding hydrogens is 420 g/mol. The molecule has 0 spiro atoms. The fourth-order valence-electron chi connectivity index (χ4n) is 4.86. The Bertz CT molecular complexity index is 1220. The average molecular weight is 451 g/mol. The molecule has 4 aromatic rings. The van der Waals surface area contributed by atoms with E-state index in [4.69, 9.17) is 0 Å². The van der Waals surface area contributed by atoms with Crippen LogP contribution in [0.5, 0.6) is 0 Å². The number of aromatic nitrogens is 1. The normalized spacial score (nSPS) is 18.1. The van der Waals surface area contributed by atoms with E-state index < -0.39 is 0 Å². The van der Waals surface area contributed by atoms with Crippen LogP contribution < -0.4 is 10.6 Å². The highest BCUT2D eigenvalue weighted by Crippen LogP contribution is 2.24. The SMILES string of the molecule is O=C(Nc1ccccc1)N1CCC(NCc2ccnc3ccccc23)CC1Cc1ccccc1. The van der Waals surface area contributed by atoms with Gasteiger partial charge in [-0.05, 0) is 54.7 Å². The number of pyridine rings is 1. The van der Waals surface area contributed by atoms with Crippen LogP contribution in [0, 0.1) is 0 Å². The summed E-state index contributed by atoms with van der Waals surface area (Å²) >= 11 is 0. The number of nitrogens with zero attached hydrogens (tertiary/aromatic N) is 2. The van der Waals surface area contributed by atoms with E-state index in [0.29, 0.717) is 6.04 Å². The molecule has 1 saturated heterocycles. The number of carbonyl (C=O) groups is 1. The van der Waals surface area contributed by atoms with Crippen LogP contribution in [-0.2, 0) is 13.0 Å². The average Bonchev–Trinajstić information content (AvgIpc) is 2.89. The Hall–Kier alpha value is -3.70. The van der Waals surface area contributed by atoms with Gasteiger partial charge in [-0.25, -0.2) is 4.79 Å². The molecule has 3 aromatic carbocycles. The molecule has 0 saturated carbocycles. The number of amides is 2. The molecule has 1 aliphatic rings. The van der Waals surface area contributed by atoms with E-state index in [1.54, 1.807) is 0 Å². The highest BCUT2D eigenvalue weighted by atomic mass is 16.2. The molecule has 0 aliphatic carbocycles. The fraction of sp³-hybridized carbons (Fsp3) is 0.241. The maximum absolute atomic E-state index is 13.2. The van der Waals surface area contributed by atoms with Crippen molar-refractivity contribution in [3.8, 4) is 0 Å². The molecule has 1 fully saturated rings.